The summed E-state index contributed by atoms with van der Waals surface area (Å²) in [6.45, 7) is 5.80. The zero-order chi connectivity index (χ0) is 18.4. The minimum atomic E-state index is -3.76. The van der Waals surface area contributed by atoms with Crippen molar-refractivity contribution < 1.29 is 17.9 Å². The van der Waals surface area contributed by atoms with Gasteiger partial charge in [0.25, 0.3) is 0 Å². The van der Waals surface area contributed by atoms with Crippen LogP contribution < -0.4 is 14.8 Å². The van der Waals surface area contributed by atoms with Crippen molar-refractivity contribution in [3.8, 4) is 5.75 Å². The molecule has 2 aromatic rings. The molecule has 2 aromatic carbocycles. The summed E-state index contributed by atoms with van der Waals surface area (Å²) < 4.78 is 32.1. The lowest BCUT2D eigenvalue weighted by Gasteiger charge is -2.11. The summed E-state index contributed by atoms with van der Waals surface area (Å²) in [7, 11) is -3.76. The van der Waals surface area contributed by atoms with E-state index in [0.29, 0.717) is 18.0 Å². The highest BCUT2D eigenvalue weighted by atomic mass is 32.2. The van der Waals surface area contributed by atoms with Gasteiger partial charge in [-0.1, -0.05) is 12.1 Å². The molecule has 2 rings (SSSR count). The first kappa shape index (κ1) is 19.0. The number of carbonyl (C=O) groups excluding carboxylic acids is 1. The number of anilines is 1. The molecule has 134 valence electrons. The molecule has 0 unspecified atom stereocenters. The zero-order valence-electron chi connectivity index (χ0n) is 14.5. The summed E-state index contributed by atoms with van der Waals surface area (Å²) in [6.07, 6.45) is 0. The van der Waals surface area contributed by atoms with Crippen LogP contribution in [0.15, 0.2) is 47.4 Å². The Hall–Kier alpha value is -2.38. The van der Waals surface area contributed by atoms with E-state index in [0.717, 1.165) is 11.1 Å². The number of hydrogen-bond acceptors (Lipinski definition) is 4. The third-order valence-electron chi connectivity index (χ3n) is 3.53. The topological polar surface area (TPSA) is 84.5 Å². The van der Waals surface area contributed by atoms with Crippen LogP contribution in [0, 0.1) is 13.8 Å². The number of carbonyl (C=O) groups is 1. The molecule has 0 fully saturated rings. The fourth-order valence-electron chi connectivity index (χ4n) is 2.19. The maximum absolute atomic E-state index is 12.2. The smallest absolute Gasteiger partial charge is 0.241 e. The highest BCUT2D eigenvalue weighted by Crippen LogP contribution is 2.17. The van der Waals surface area contributed by atoms with E-state index in [9.17, 15) is 13.2 Å². The minimum absolute atomic E-state index is 0.0792. The third-order valence-corrected chi connectivity index (χ3v) is 4.95. The van der Waals surface area contributed by atoms with E-state index < -0.39 is 15.9 Å². The Morgan fingerprint density at radius 2 is 1.76 bits per heavy atom. The first-order chi connectivity index (χ1) is 11.8. The fraction of sp³-hybridized carbons (Fsp3) is 0.278. The largest absolute Gasteiger partial charge is 0.494 e. The highest BCUT2D eigenvalue weighted by Gasteiger charge is 2.16. The number of aryl methyl sites for hydroxylation is 2. The Labute approximate surface area is 148 Å². The molecule has 0 aliphatic heterocycles. The number of amides is 1. The Bertz CT molecular complexity index is 846. The van der Waals surface area contributed by atoms with E-state index in [4.69, 9.17) is 4.74 Å². The molecule has 0 atom stereocenters. The number of nitrogens with one attached hydrogen (secondary N) is 2. The molecule has 1 amide bonds. The van der Waals surface area contributed by atoms with Crippen LogP contribution in [-0.4, -0.2) is 27.5 Å². The quantitative estimate of drug-likeness (QED) is 0.793. The second-order valence-electron chi connectivity index (χ2n) is 5.60. The molecule has 6 nitrogen and oxygen atoms in total. The summed E-state index contributed by atoms with van der Waals surface area (Å²) in [5.41, 5.74) is 2.59. The Morgan fingerprint density at radius 3 is 2.40 bits per heavy atom. The predicted molar refractivity (Wildman–Crippen MR) is 97.3 cm³/mol. The Morgan fingerprint density at radius 1 is 1.08 bits per heavy atom. The molecule has 0 saturated carbocycles. The molecule has 2 N–H and O–H groups in total. The summed E-state index contributed by atoms with van der Waals surface area (Å²) >= 11 is 0. The first-order valence-corrected chi connectivity index (χ1v) is 9.40. The predicted octanol–water partition coefficient (Wildman–Crippen LogP) is 2.62. The van der Waals surface area contributed by atoms with Crippen molar-refractivity contribution in [2.24, 2.45) is 0 Å². The lowest BCUT2D eigenvalue weighted by Crippen LogP contribution is -2.33. The van der Waals surface area contributed by atoms with Crippen molar-refractivity contribution >= 4 is 21.6 Å². The number of sulfonamides is 1. The maximum Gasteiger partial charge on any atom is 0.241 e. The number of benzene rings is 2. The van der Waals surface area contributed by atoms with Gasteiger partial charge in [0.2, 0.25) is 15.9 Å². The molecule has 0 heterocycles. The van der Waals surface area contributed by atoms with Gasteiger partial charge in [-0.25, -0.2) is 13.1 Å². The molecule has 0 aliphatic rings. The van der Waals surface area contributed by atoms with Crippen molar-refractivity contribution in [2.45, 2.75) is 25.7 Å². The van der Waals surface area contributed by atoms with Crippen molar-refractivity contribution in [2.75, 3.05) is 18.5 Å². The fourth-order valence-corrected chi connectivity index (χ4v) is 3.17. The van der Waals surface area contributed by atoms with Gasteiger partial charge in [0, 0.05) is 5.69 Å². The summed E-state index contributed by atoms with van der Waals surface area (Å²) in [5.74, 6) is 0.164. The zero-order valence-corrected chi connectivity index (χ0v) is 15.3. The number of ether oxygens (including phenoxy) is 1. The summed E-state index contributed by atoms with van der Waals surface area (Å²) in [4.78, 5) is 12.1. The van der Waals surface area contributed by atoms with Crippen LogP contribution in [0.4, 0.5) is 5.69 Å². The lowest BCUT2D eigenvalue weighted by molar-refractivity contribution is -0.115. The van der Waals surface area contributed by atoms with Crippen molar-refractivity contribution in [1.29, 1.82) is 0 Å². The van der Waals surface area contributed by atoms with Crippen molar-refractivity contribution in [1.82, 2.24) is 4.72 Å². The summed E-state index contributed by atoms with van der Waals surface area (Å²) in [5, 5.41) is 2.72. The highest BCUT2D eigenvalue weighted by molar-refractivity contribution is 7.89. The molecular weight excluding hydrogens is 340 g/mol. The van der Waals surface area contributed by atoms with Gasteiger partial charge in [0.05, 0.1) is 18.0 Å². The average Bonchev–Trinajstić information content (AvgIpc) is 2.57. The normalized spacial score (nSPS) is 11.2. The SMILES string of the molecule is CCOc1ccc(S(=O)(=O)NCC(=O)Nc2cc(C)ccc2C)cc1. The van der Waals surface area contributed by atoms with Gasteiger partial charge in [-0.2, -0.15) is 0 Å². The van der Waals surface area contributed by atoms with Gasteiger partial charge >= 0.3 is 0 Å². The second kappa shape index (κ2) is 8.13. The first-order valence-electron chi connectivity index (χ1n) is 7.91. The molecule has 0 bridgehead atoms. The van der Waals surface area contributed by atoms with E-state index in [1.165, 1.54) is 12.1 Å². The van der Waals surface area contributed by atoms with Gasteiger partial charge in [-0.3, -0.25) is 4.79 Å². The van der Waals surface area contributed by atoms with E-state index in [2.05, 4.69) is 10.0 Å². The minimum Gasteiger partial charge on any atom is -0.494 e. The third kappa shape index (κ3) is 5.30. The van der Waals surface area contributed by atoms with Crippen LogP contribution in [0.2, 0.25) is 0 Å². The van der Waals surface area contributed by atoms with Gasteiger partial charge in [0.15, 0.2) is 0 Å². The van der Waals surface area contributed by atoms with Gasteiger partial charge in [-0.05, 0) is 62.2 Å². The average molecular weight is 362 g/mol. The van der Waals surface area contributed by atoms with Crippen LogP contribution in [0.5, 0.6) is 5.75 Å². The Kier molecular flexibility index (Phi) is 6.17. The van der Waals surface area contributed by atoms with Crippen LogP contribution in [0.1, 0.15) is 18.1 Å². The lowest BCUT2D eigenvalue weighted by atomic mass is 10.1. The summed E-state index contributed by atoms with van der Waals surface area (Å²) in [6, 6.07) is 11.7. The van der Waals surface area contributed by atoms with Crippen molar-refractivity contribution in [3.05, 3.63) is 53.6 Å². The van der Waals surface area contributed by atoms with Crippen molar-refractivity contribution in [3.63, 3.8) is 0 Å². The second-order valence-corrected chi connectivity index (χ2v) is 7.36. The van der Waals surface area contributed by atoms with Gasteiger partial charge in [-0.15, -0.1) is 0 Å². The standard InChI is InChI=1S/C18H22N2O4S/c1-4-24-15-7-9-16(10-8-15)25(22,23)19-12-18(21)20-17-11-13(2)5-6-14(17)3/h5-11,19H,4,12H2,1-3H3,(H,20,21). The monoisotopic (exact) mass is 362 g/mol. The van der Waals surface area contributed by atoms with Crippen LogP contribution in [-0.2, 0) is 14.8 Å². The molecule has 7 heteroatoms. The molecule has 0 aliphatic carbocycles. The van der Waals surface area contributed by atoms with E-state index in [1.807, 2.05) is 39.0 Å². The molecule has 0 aromatic heterocycles. The molecule has 0 spiro atoms. The number of hydrogen-bond donors (Lipinski definition) is 2. The molecule has 0 saturated heterocycles. The molecule has 0 radical (unpaired) electrons. The molecule has 25 heavy (non-hydrogen) atoms. The number of rotatable bonds is 7. The van der Waals surface area contributed by atoms with Gasteiger partial charge in [0.1, 0.15) is 5.75 Å². The van der Waals surface area contributed by atoms with E-state index in [-0.39, 0.29) is 11.4 Å². The molecular formula is C18H22N2O4S. The van der Waals surface area contributed by atoms with Crippen LogP contribution >= 0.6 is 0 Å². The van der Waals surface area contributed by atoms with Crippen LogP contribution in [0.3, 0.4) is 0 Å². The van der Waals surface area contributed by atoms with Gasteiger partial charge < -0.3 is 10.1 Å². The van der Waals surface area contributed by atoms with Crippen LogP contribution in [0.25, 0.3) is 0 Å². The maximum atomic E-state index is 12.2. The Balaban J connectivity index is 1.99. The van der Waals surface area contributed by atoms with E-state index >= 15 is 0 Å². The van der Waals surface area contributed by atoms with E-state index in [1.54, 1.807) is 12.1 Å².